The number of aromatic amines is 1. The third-order valence-electron chi connectivity index (χ3n) is 4.32. The molecule has 2 aromatic heterocycles. The number of anilines is 3. The first-order valence-electron chi connectivity index (χ1n) is 8.64. The Kier molecular flexibility index (Phi) is 4.24. The summed E-state index contributed by atoms with van der Waals surface area (Å²) in [5.41, 5.74) is 2.09. The van der Waals surface area contributed by atoms with Crippen LogP contribution in [0.3, 0.4) is 0 Å². The number of rotatable bonds is 6. The summed E-state index contributed by atoms with van der Waals surface area (Å²) in [4.78, 5) is 13.0. The standard InChI is InChI=1S/C18H20FN7/c1-10(12-5-7-14(19)8-6-12)20-17-21-11(2)22-18(24-17)23-16-9-15(25-26-16)13-3-4-13/h5-10,13H,3-4H2,1-2H3,(H3,20,21,22,23,24,25,26)/t10-/m0/s1. The molecular formula is C18H20FN7. The van der Waals surface area contributed by atoms with Crippen LogP contribution in [-0.4, -0.2) is 25.1 Å². The van der Waals surface area contributed by atoms with Crippen LogP contribution < -0.4 is 10.6 Å². The lowest BCUT2D eigenvalue weighted by atomic mass is 10.1. The minimum Gasteiger partial charge on any atom is -0.348 e. The van der Waals surface area contributed by atoms with E-state index >= 15 is 0 Å². The predicted molar refractivity (Wildman–Crippen MR) is 96.8 cm³/mol. The van der Waals surface area contributed by atoms with Crippen LogP contribution in [0.2, 0.25) is 0 Å². The zero-order chi connectivity index (χ0) is 18.1. The summed E-state index contributed by atoms with van der Waals surface area (Å²) in [6, 6.07) is 8.28. The van der Waals surface area contributed by atoms with E-state index in [0.29, 0.717) is 29.5 Å². The van der Waals surface area contributed by atoms with Gasteiger partial charge >= 0.3 is 0 Å². The summed E-state index contributed by atoms with van der Waals surface area (Å²) in [6.07, 6.45) is 2.42. The highest BCUT2D eigenvalue weighted by Gasteiger charge is 2.25. The van der Waals surface area contributed by atoms with Crippen molar-refractivity contribution >= 4 is 17.7 Å². The van der Waals surface area contributed by atoms with Gasteiger partial charge < -0.3 is 10.6 Å². The fourth-order valence-corrected chi connectivity index (χ4v) is 2.75. The number of hydrogen-bond donors (Lipinski definition) is 3. The third-order valence-corrected chi connectivity index (χ3v) is 4.32. The van der Waals surface area contributed by atoms with Gasteiger partial charge in [0.1, 0.15) is 11.6 Å². The molecule has 3 aromatic rings. The summed E-state index contributed by atoms with van der Waals surface area (Å²) in [5.74, 6) is 2.51. The third kappa shape index (κ3) is 3.79. The van der Waals surface area contributed by atoms with Crippen molar-refractivity contribution in [2.45, 2.75) is 38.6 Å². The van der Waals surface area contributed by atoms with E-state index in [4.69, 9.17) is 0 Å². The second-order valence-electron chi connectivity index (χ2n) is 6.56. The van der Waals surface area contributed by atoms with E-state index in [0.717, 1.165) is 11.3 Å². The zero-order valence-electron chi connectivity index (χ0n) is 14.6. The number of aryl methyl sites for hydroxylation is 1. The van der Waals surface area contributed by atoms with Crippen molar-refractivity contribution in [3.05, 3.63) is 53.2 Å². The van der Waals surface area contributed by atoms with Crippen LogP contribution in [0.15, 0.2) is 30.3 Å². The zero-order valence-corrected chi connectivity index (χ0v) is 14.6. The Morgan fingerprint density at radius 3 is 2.58 bits per heavy atom. The molecule has 0 aliphatic heterocycles. The summed E-state index contributed by atoms with van der Waals surface area (Å²) >= 11 is 0. The van der Waals surface area contributed by atoms with E-state index in [-0.39, 0.29) is 11.9 Å². The molecule has 1 aliphatic carbocycles. The van der Waals surface area contributed by atoms with Crippen LogP contribution in [0.25, 0.3) is 0 Å². The molecule has 1 aliphatic rings. The van der Waals surface area contributed by atoms with Crippen LogP contribution in [0, 0.1) is 12.7 Å². The van der Waals surface area contributed by atoms with E-state index < -0.39 is 0 Å². The quantitative estimate of drug-likeness (QED) is 0.624. The van der Waals surface area contributed by atoms with Gasteiger partial charge in [0.25, 0.3) is 0 Å². The van der Waals surface area contributed by atoms with Gasteiger partial charge in [-0.05, 0) is 44.4 Å². The van der Waals surface area contributed by atoms with Crippen molar-refractivity contribution in [3.63, 3.8) is 0 Å². The number of H-pyrrole nitrogens is 1. The van der Waals surface area contributed by atoms with Crippen LogP contribution >= 0.6 is 0 Å². The van der Waals surface area contributed by atoms with Gasteiger partial charge in [0, 0.05) is 17.7 Å². The van der Waals surface area contributed by atoms with Crippen LogP contribution in [0.1, 0.15) is 48.8 Å². The molecule has 0 bridgehead atoms. The molecule has 0 unspecified atom stereocenters. The SMILES string of the molecule is Cc1nc(Nc2cc(C3CC3)[nH]n2)nc(N[C@@H](C)c2ccc(F)cc2)n1. The average molecular weight is 353 g/mol. The highest BCUT2D eigenvalue weighted by atomic mass is 19.1. The molecule has 1 aromatic carbocycles. The molecule has 3 N–H and O–H groups in total. The van der Waals surface area contributed by atoms with Gasteiger partial charge in [-0.3, -0.25) is 5.10 Å². The van der Waals surface area contributed by atoms with Gasteiger partial charge in [-0.2, -0.15) is 20.1 Å². The minimum atomic E-state index is -0.256. The van der Waals surface area contributed by atoms with Crippen molar-refractivity contribution in [2.24, 2.45) is 0 Å². The Balaban J connectivity index is 1.48. The topological polar surface area (TPSA) is 91.4 Å². The molecule has 1 fully saturated rings. The number of aromatic nitrogens is 5. The first-order valence-corrected chi connectivity index (χ1v) is 8.64. The normalized spacial score (nSPS) is 14.9. The Morgan fingerprint density at radius 2 is 1.85 bits per heavy atom. The van der Waals surface area contributed by atoms with E-state index in [1.54, 1.807) is 19.1 Å². The monoisotopic (exact) mass is 353 g/mol. The largest absolute Gasteiger partial charge is 0.348 e. The Morgan fingerprint density at radius 1 is 1.12 bits per heavy atom. The van der Waals surface area contributed by atoms with E-state index in [9.17, 15) is 4.39 Å². The van der Waals surface area contributed by atoms with E-state index in [1.807, 2.05) is 13.0 Å². The van der Waals surface area contributed by atoms with E-state index in [2.05, 4.69) is 35.8 Å². The summed E-state index contributed by atoms with van der Waals surface area (Å²) in [5, 5.41) is 13.6. The van der Waals surface area contributed by atoms with Crippen molar-refractivity contribution < 1.29 is 4.39 Å². The van der Waals surface area contributed by atoms with Gasteiger partial charge in [-0.1, -0.05) is 12.1 Å². The summed E-state index contributed by atoms with van der Waals surface area (Å²) in [7, 11) is 0. The fourth-order valence-electron chi connectivity index (χ4n) is 2.75. The van der Waals surface area contributed by atoms with Gasteiger partial charge in [0.15, 0.2) is 5.82 Å². The second-order valence-corrected chi connectivity index (χ2v) is 6.56. The smallest absolute Gasteiger partial charge is 0.233 e. The number of hydrogen-bond acceptors (Lipinski definition) is 6. The predicted octanol–water partition coefficient (Wildman–Crippen LogP) is 3.84. The molecule has 26 heavy (non-hydrogen) atoms. The van der Waals surface area contributed by atoms with E-state index in [1.165, 1.54) is 25.0 Å². The first-order chi connectivity index (χ1) is 12.6. The molecule has 0 saturated heterocycles. The minimum absolute atomic E-state index is 0.0721. The fraction of sp³-hybridized carbons (Fsp3) is 0.333. The van der Waals surface area contributed by atoms with Crippen molar-refractivity contribution in [1.82, 2.24) is 25.1 Å². The molecule has 1 saturated carbocycles. The van der Waals surface area contributed by atoms with Gasteiger partial charge in [-0.15, -0.1) is 0 Å². The molecule has 0 radical (unpaired) electrons. The average Bonchev–Trinajstić information content (AvgIpc) is 3.35. The van der Waals surface area contributed by atoms with Gasteiger partial charge in [0.2, 0.25) is 11.9 Å². The lowest BCUT2D eigenvalue weighted by Gasteiger charge is -2.15. The van der Waals surface area contributed by atoms with Crippen LogP contribution in [-0.2, 0) is 0 Å². The van der Waals surface area contributed by atoms with Gasteiger partial charge in [-0.25, -0.2) is 4.39 Å². The molecule has 8 heteroatoms. The molecule has 0 spiro atoms. The van der Waals surface area contributed by atoms with Gasteiger partial charge in [0.05, 0.1) is 6.04 Å². The first kappa shape index (κ1) is 16.4. The maximum absolute atomic E-state index is 13.1. The highest BCUT2D eigenvalue weighted by Crippen LogP contribution is 2.39. The van der Waals surface area contributed by atoms with Crippen molar-refractivity contribution in [3.8, 4) is 0 Å². The molecule has 134 valence electrons. The second kappa shape index (κ2) is 6.70. The number of nitrogens with one attached hydrogen (secondary N) is 3. The van der Waals surface area contributed by atoms with Crippen molar-refractivity contribution in [2.75, 3.05) is 10.6 Å². The molecule has 7 nitrogen and oxygen atoms in total. The lowest BCUT2D eigenvalue weighted by Crippen LogP contribution is -2.12. The molecule has 2 heterocycles. The van der Waals surface area contributed by atoms with Crippen molar-refractivity contribution in [1.29, 1.82) is 0 Å². The molecule has 0 amide bonds. The number of benzene rings is 1. The van der Waals surface area contributed by atoms with Crippen LogP contribution in [0.5, 0.6) is 0 Å². The summed E-state index contributed by atoms with van der Waals surface area (Å²) in [6.45, 7) is 3.77. The Bertz CT molecular complexity index is 902. The number of halogens is 1. The summed E-state index contributed by atoms with van der Waals surface area (Å²) < 4.78 is 13.1. The molecule has 1 atom stereocenters. The maximum Gasteiger partial charge on any atom is 0.233 e. The maximum atomic E-state index is 13.1. The Hall–Kier alpha value is -3.03. The Labute approximate surface area is 150 Å². The highest BCUT2D eigenvalue weighted by molar-refractivity contribution is 5.50. The van der Waals surface area contributed by atoms with Crippen LogP contribution in [0.4, 0.5) is 22.1 Å². The molecule has 4 rings (SSSR count). The lowest BCUT2D eigenvalue weighted by molar-refractivity contribution is 0.626. The number of nitrogens with zero attached hydrogens (tertiary/aromatic N) is 4. The molecular weight excluding hydrogens is 333 g/mol.